The molecule has 1 fully saturated rings. The maximum atomic E-state index is 12.7. The monoisotopic (exact) mass is 426 g/mol. The first-order valence-electron chi connectivity index (χ1n) is 9.82. The fourth-order valence-corrected chi connectivity index (χ4v) is 3.70. The summed E-state index contributed by atoms with van der Waals surface area (Å²) in [6.45, 7) is 4.30. The van der Waals surface area contributed by atoms with Crippen molar-refractivity contribution in [1.29, 1.82) is 0 Å². The molecule has 9 nitrogen and oxygen atoms in total. The summed E-state index contributed by atoms with van der Waals surface area (Å²) >= 11 is 0. The van der Waals surface area contributed by atoms with Crippen LogP contribution in [0.3, 0.4) is 0 Å². The molecule has 4 rings (SSSR count). The minimum atomic E-state index is -0.912. The topological polar surface area (TPSA) is 104 Å². The summed E-state index contributed by atoms with van der Waals surface area (Å²) in [4.78, 5) is 30.4. The second-order valence-electron chi connectivity index (χ2n) is 7.05. The Bertz CT molecular complexity index is 1070. The van der Waals surface area contributed by atoms with E-state index in [1.807, 2.05) is 13.8 Å². The molecule has 3 aromatic rings. The maximum Gasteiger partial charge on any atom is 0.418 e. The van der Waals surface area contributed by atoms with Gasteiger partial charge in [0.15, 0.2) is 23.9 Å². The lowest BCUT2D eigenvalue weighted by atomic mass is 9.93. The normalized spacial score (nSPS) is 16.0. The number of esters is 1. The van der Waals surface area contributed by atoms with Crippen molar-refractivity contribution in [3.05, 3.63) is 53.9 Å². The van der Waals surface area contributed by atoms with Crippen LogP contribution < -0.4 is 9.47 Å². The molecule has 1 aliphatic rings. The van der Waals surface area contributed by atoms with Crippen LogP contribution in [0.1, 0.15) is 36.2 Å². The number of aromatic nitrogens is 1. The lowest BCUT2D eigenvalue weighted by molar-refractivity contribution is -0.136. The van der Waals surface area contributed by atoms with Gasteiger partial charge in [0, 0.05) is 12.1 Å². The molecule has 1 atom stereocenters. The van der Waals surface area contributed by atoms with Gasteiger partial charge in [-0.25, -0.2) is 14.6 Å². The molecule has 0 radical (unpaired) electrons. The minimum absolute atomic E-state index is 0.163. The number of carbonyl (C=O) groups excluding carboxylic acids is 2. The first kappa shape index (κ1) is 20.5. The van der Waals surface area contributed by atoms with E-state index < -0.39 is 18.1 Å². The van der Waals surface area contributed by atoms with E-state index in [-0.39, 0.29) is 6.61 Å². The van der Waals surface area contributed by atoms with Crippen LogP contribution in [0.25, 0.3) is 11.3 Å². The Kier molecular flexibility index (Phi) is 5.66. The Hall–Kier alpha value is -3.75. The predicted octanol–water partition coefficient (Wildman–Crippen LogP) is 4.26. The van der Waals surface area contributed by atoms with Crippen molar-refractivity contribution in [2.45, 2.75) is 32.9 Å². The van der Waals surface area contributed by atoms with Gasteiger partial charge in [0.2, 0.25) is 0 Å². The molecule has 1 saturated heterocycles. The van der Waals surface area contributed by atoms with Gasteiger partial charge >= 0.3 is 12.1 Å². The van der Waals surface area contributed by atoms with Gasteiger partial charge < -0.3 is 23.0 Å². The quantitative estimate of drug-likeness (QED) is 0.389. The number of amides is 1. The summed E-state index contributed by atoms with van der Waals surface area (Å²) in [5, 5.41) is 0. The van der Waals surface area contributed by atoms with Crippen LogP contribution in [0, 0.1) is 6.92 Å². The number of rotatable bonds is 8. The van der Waals surface area contributed by atoms with Crippen LogP contribution in [-0.2, 0) is 16.1 Å². The molecule has 1 aliphatic heterocycles. The van der Waals surface area contributed by atoms with Gasteiger partial charge in [0.1, 0.15) is 24.3 Å². The predicted molar refractivity (Wildman–Crippen MR) is 107 cm³/mol. The number of nitrogens with zero attached hydrogens (tertiary/aromatic N) is 2. The van der Waals surface area contributed by atoms with E-state index in [4.69, 9.17) is 23.0 Å². The molecule has 0 bridgehead atoms. The Morgan fingerprint density at radius 1 is 1.26 bits per heavy atom. The number of ether oxygens (including phenoxy) is 3. The van der Waals surface area contributed by atoms with Crippen molar-refractivity contribution >= 4 is 12.1 Å². The number of aryl methyl sites for hydroxylation is 1. The van der Waals surface area contributed by atoms with Crippen molar-refractivity contribution in [3.63, 3.8) is 0 Å². The van der Waals surface area contributed by atoms with Crippen molar-refractivity contribution in [1.82, 2.24) is 9.88 Å². The summed E-state index contributed by atoms with van der Waals surface area (Å²) in [6, 6.07) is 4.37. The van der Waals surface area contributed by atoms with Crippen LogP contribution in [0.15, 0.2) is 46.0 Å². The highest BCUT2D eigenvalue weighted by Crippen LogP contribution is 2.47. The van der Waals surface area contributed by atoms with Crippen LogP contribution in [0.4, 0.5) is 4.79 Å². The SMILES string of the molecule is CCCN1C(=O)OC(=O)C1c1cc(C)c(OCc2cocn2)c(OC)c1-c1ccco1. The highest BCUT2D eigenvalue weighted by Gasteiger charge is 2.44. The van der Waals surface area contributed by atoms with E-state index in [1.54, 1.807) is 18.2 Å². The molecule has 9 heteroatoms. The number of hydrogen-bond donors (Lipinski definition) is 0. The average molecular weight is 426 g/mol. The molecule has 2 aromatic heterocycles. The zero-order valence-corrected chi connectivity index (χ0v) is 17.4. The number of carbonyl (C=O) groups is 2. The molecule has 31 heavy (non-hydrogen) atoms. The van der Waals surface area contributed by atoms with Crippen molar-refractivity contribution in [3.8, 4) is 22.8 Å². The largest absolute Gasteiger partial charge is 0.492 e. The summed E-state index contributed by atoms with van der Waals surface area (Å²) in [5.41, 5.74) is 2.40. The summed E-state index contributed by atoms with van der Waals surface area (Å²) < 4.78 is 27.3. The fraction of sp³-hybridized carbons (Fsp3) is 0.318. The van der Waals surface area contributed by atoms with Crippen molar-refractivity contribution in [2.24, 2.45) is 0 Å². The number of cyclic esters (lactones) is 2. The minimum Gasteiger partial charge on any atom is -0.492 e. The molecule has 1 unspecified atom stereocenters. The Morgan fingerprint density at radius 2 is 2.10 bits per heavy atom. The molecule has 0 spiro atoms. The molecular weight excluding hydrogens is 404 g/mol. The van der Waals surface area contributed by atoms with E-state index in [2.05, 4.69) is 4.98 Å². The van der Waals surface area contributed by atoms with Gasteiger partial charge in [0.05, 0.1) is 18.9 Å². The van der Waals surface area contributed by atoms with E-state index in [1.165, 1.54) is 30.9 Å². The molecule has 0 aliphatic carbocycles. The first-order valence-corrected chi connectivity index (χ1v) is 9.82. The van der Waals surface area contributed by atoms with Gasteiger partial charge in [-0.2, -0.15) is 0 Å². The average Bonchev–Trinajstić information content (AvgIpc) is 3.50. The van der Waals surface area contributed by atoms with E-state index >= 15 is 0 Å². The highest BCUT2D eigenvalue weighted by atomic mass is 16.6. The Morgan fingerprint density at radius 3 is 2.74 bits per heavy atom. The maximum absolute atomic E-state index is 12.7. The Balaban J connectivity index is 1.86. The second-order valence-corrected chi connectivity index (χ2v) is 7.05. The van der Waals surface area contributed by atoms with Crippen molar-refractivity contribution in [2.75, 3.05) is 13.7 Å². The lowest BCUT2D eigenvalue weighted by Gasteiger charge is -2.24. The van der Waals surface area contributed by atoms with Gasteiger partial charge in [-0.1, -0.05) is 6.92 Å². The number of oxazole rings is 1. The van der Waals surface area contributed by atoms with Gasteiger partial charge in [-0.3, -0.25) is 4.90 Å². The van der Waals surface area contributed by atoms with Gasteiger partial charge in [-0.05, 0) is 37.1 Å². The van der Waals surface area contributed by atoms with Crippen LogP contribution >= 0.6 is 0 Å². The molecule has 0 N–H and O–H groups in total. The molecular formula is C22H22N2O7. The third-order valence-electron chi connectivity index (χ3n) is 4.99. The molecule has 0 saturated carbocycles. The van der Waals surface area contributed by atoms with E-state index in [0.29, 0.717) is 52.6 Å². The second kappa shape index (κ2) is 8.55. The Labute approximate surface area is 178 Å². The summed E-state index contributed by atoms with van der Waals surface area (Å²) in [6.07, 6.45) is 4.35. The fourth-order valence-electron chi connectivity index (χ4n) is 3.70. The van der Waals surface area contributed by atoms with Gasteiger partial charge in [-0.15, -0.1) is 0 Å². The third-order valence-corrected chi connectivity index (χ3v) is 4.99. The molecule has 1 aromatic carbocycles. The lowest BCUT2D eigenvalue weighted by Crippen LogP contribution is -2.29. The highest BCUT2D eigenvalue weighted by molar-refractivity contribution is 5.98. The van der Waals surface area contributed by atoms with Crippen molar-refractivity contribution < 1.29 is 32.6 Å². The van der Waals surface area contributed by atoms with Gasteiger partial charge in [0.25, 0.3) is 0 Å². The van der Waals surface area contributed by atoms with E-state index in [9.17, 15) is 9.59 Å². The summed E-state index contributed by atoms with van der Waals surface area (Å²) in [7, 11) is 1.51. The number of benzene rings is 1. The smallest absolute Gasteiger partial charge is 0.418 e. The molecule has 3 heterocycles. The van der Waals surface area contributed by atoms with E-state index in [0.717, 1.165) is 0 Å². The summed E-state index contributed by atoms with van der Waals surface area (Å²) in [5.74, 6) is 0.697. The molecule has 1 amide bonds. The molecule has 162 valence electrons. The number of hydrogen-bond acceptors (Lipinski definition) is 8. The zero-order chi connectivity index (χ0) is 22.0. The van der Waals surface area contributed by atoms with Crippen LogP contribution in [-0.4, -0.2) is 35.6 Å². The number of methoxy groups -OCH3 is 1. The third kappa shape index (κ3) is 3.74. The number of furan rings is 1. The van der Waals surface area contributed by atoms with Crippen LogP contribution in [0.2, 0.25) is 0 Å². The standard InChI is InChI=1S/C22H22N2O7/c1-4-7-24-18(21(25)31-22(24)26)15-9-13(2)19(30-11-14-10-28-12-23-14)20(27-3)17(15)16-6-5-8-29-16/h5-6,8-10,12,18H,4,7,11H2,1-3H3. The zero-order valence-electron chi connectivity index (χ0n) is 17.4. The first-order chi connectivity index (χ1) is 15.0. The van der Waals surface area contributed by atoms with Crippen LogP contribution in [0.5, 0.6) is 11.5 Å².